The van der Waals surface area contributed by atoms with Gasteiger partial charge in [-0.1, -0.05) is 45.9 Å². The van der Waals surface area contributed by atoms with E-state index in [2.05, 4.69) is 29.7 Å². The van der Waals surface area contributed by atoms with E-state index in [1.54, 1.807) is 18.2 Å². The number of carbonyl (C=O) groups excluding carboxylic acids is 2. The zero-order valence-electron chi connectivity index (χ0n) is 25.4. The molecule has 12 heteroatoms. The van der Waals surface area contributed by atoms with Gasteiger partial charge in [-0.25, -0.2) is 10.2 Å². The van der Waals surface area contributed by atoms with Crippen LogP contribution in [0.3, 0.4) is 0 Å². The van der Waals surface area contributed by atoms with Crippen LogP contribution in [0.1, 0.15) is 66.7 Å². The molecular weight excluding hydrogens is 572 g/mol. The van der Waals surface area contributed by atoms with Gasteiger partial charge >= 0.3 is 6.03 Å². The molecule has 3 saturated carbocycles. The predicted octanol–water partition coefficient (Wildman–Crippen LogP) is 2.93. The fourth-order valence-electron chi connectivity index (χ4n) is 9.73. The molecule has 11 atom stereocenters. The van der Waals surface area contributed by atoms with Gasteiger partial charge in [0.15, 0.2) is 0 Å². The Kier molecular flexibility index (Phi) is 7.27. The Hall–Kier alpha value is -2.54. The van der Waals surface area contributed by atoms with Crippen LogP contribution < -0.4 is 16.5 Å². The molecule has 3 amide bonds. The number of benzene rings is 1. The number of amides is 3. The van der Waals surface area contributed by atoms with Gasteiger partial charge in [-0.3, -0.25) is 8.98 Å². The quantitative estimate of drug-likeness (QED) is 0.298. The van der Waals surface area contributed by atoms with Crippen molar-refractivity contribution < 1.29 is 32.0 Å². The molecule has 1 aromatic carbocycles. The lowest BCUT2D eigenvalue weighted by Gasteiger charge is -2.70. The zero-order valence-corrected chi connectivity index (χ0v) is 26.3. The smallest absolute Gasteiger partial charge is 0.332 e. The third-order valence-electron chi connectivity index (χ3n) is 11.9. The third kappa shape index (κ3) is 4.54. The number of rotatable bonds is 4. The highest BCUT2D eigenvalue weighted by Crippen LogP contribution is 2.68. The van der Waals surface area contributed by atoms with Gasteiger partial charge in [-0.2, -0.15) is 13.5 Å². The standard InChI is InChI=1S/C31H44N4O7S/c1-16-11-12-23-29(3,4)26(34-35-28(32)38)22(42-43(39,40)18-9-7-6-8-10-18)15-31(23)30(16,5)14-20-21(36)13-19-24(25(20)41-31)17(2)33-27(19)37/h6-10,16-17,19-25,36H,11-15H2,1-5H3,(H,33,37)(H3,32,35,38). The summed E-state index contributed by atoms with van der Waals surface area (Å²) in [5.41, 5.74) is 6.05. The molecule has 1 spiro atoms. The highest BCUT2D eigenvalue weighted by atomic mass is 32.2. The largest absolute Gasteiger partial charge is 0.393 e. The SMILES string of the molecule is CC1NC(=O)C2CC(O)C3CC4(C)C(C)CCC5C(C)(C)C(=NNC(N)=O)C(OS(=O)(=O)c6ccccc6)CC54OC3C12. The summed E-state index contributed by atoms with van der Waals surface area (Å²) in [4.78, 5) is 24.7. The second-order valence-electron chi connectivity index (χ2n) is 14.3. The minimum Gasteiger partial charge on any atom is -0.393 e. The van der Waals surface area contributed by atoms with Crippen LogP contribution in [0.5, 0.6) is 0 Å². The van der Waals surface area contributed by atoms with Crippen molar-refractivity contribution in [1.82, 2.24) is 10.7 Å². The number of primary amides is 1. The van der Waals surface area contributed by atoms with E-state index < -0.39 is 50.9 Å². The van der Waals surface area contributed by atoms with E-state index in [1.807, 2.05) is 20.8 Å². The van der Waals surface area contributed by atoms with Crippen LogP contribution in [-0.2, 0) is 23.8 Å². The van der Waals surface area contributed by atoms with Crippen molar-refractivity contribution in [2.24, 2.45) is 51.3 Å². The summed E-state index contributed by atoms with van der Waals surface area (Å²) < 4.78 is 40.8. The van der Waals surface area contributed by atoms with Crippen molar-refractivity contribution in [1.29, 1.82) is 0 Å². The van der Waals surface area contributed by atoms with Crippen LogP contribution in [0.4, 0.5) is 4.79 Å². The molecule has 5 fully saturated rings. The normalized spacial score (nSPS) is 44.4. The molecule has 11 unspecified atom stereocenters. The molecule has 5 aliphatic rings. The summed E-state index contributed by atoms with van der Waals surface area (Å²) in [6, 6.07) is 6.98. The minimum atomic E-state index is -4.23. The van der Waals surface area contributed by atoms with E-state index in [1.165, 1.54) is 12.1 Å². The molecule has 236 valence electrons. The Labute approximate surface area is 253 Å². The first-order chi connectivity index (χ1) is 20.1. The van der Waals surface area contributed by atoms with Gasteiger partial charge in [0, 0.05) is 41.0 Å². The van der Waals surface area contributed by atoms with Crippen LogP contribution >= 0.6 is 0 Å². The van der Waals surface area contributed by atoms with Crippen molar-refractivity contribution >= 4 is 27.8 Å². The topological polar surface area (TPSA) is 169 Å². The number of carbonyl (C=O) groups is 2. The Morgan fingerprint density at radius 3 is 2.53 bits per heavy atom. The van der Waals surface area contributed by atoms with E-state index >= 15 is 0 Å². The van der Waals surface area contributed by atoms with Crippen molar-refractivity contribution in [3.8, 4) is 0 Å². The molecule has 3 aliphatic carbocycles. The monoisotopic (exact) mass is 616 g/mol. The second-order valence-corrected chi connectivity index (χ2v) is 15.9. The van der Waals surface area contributed by atoms with Gasteiger partial charge in [0.05, 0.1) is 28.4 Å². The number of nitrogens with one attached hydrogen (secondary N) is 2. The number of hydrogen-bond acceptors (Lipinski definition) is 8. The number of urea groups is 1. The first-order valence-electron chi connectivity index (χ1n) is 15.4. The molecule has 2 saturated heterocycles. The van der Waals surface area contributed by atoms with Crippen LogP contribution in [-0.4, -0.2) is 61.1 Å². The lowest BCUT2D eigenvalue weighted by atomic mass is 9.42. The number of hydrogen-bond donors (Lipinski definition) is 4. The number of nitrogens with two attached hydrogens (primary N) is 1. The van der Waals surface area contributed by atoms with Crippen molar-refractivity contribution in [3.63, 3.8) is 0 Å². The average Bonchev–Trinajstić information content (AvgIpc) is 3.21. The summed E-state index contributed by atoms with van der Waals surface area (Å²) in [7, 11) is -4.23. The Bertz CT molecular complexity index is 1430. The third-order valence-corrected chi connectivity index (χ3v) is 13.3. The first-order valence-corrected chi connectivity index (χ1v) is 16.8. The van der Waals surface area contributed by atoms with Crippen LogP contribution in [0.2, 0.25) is 0 Å². The van der Waals surface area contributed by atoms with Crippen molar-refractivity contribution in [3.05, 3.63) is 30.3 Å². The fourth-order valence-corrected chi connectivity index (χ4v) is 10.8. The van der Waals surface area contributed by atoms with Crippen LogP contribution in [0.15, 0.2) is 40.3 Å². The highest BCUT2D eigenvalue weighted by molar-refractivity contribution is 7.86. The maximum atomic E-state index is 13.6. The van der Waals surface area contributed by atoms with Gasteiger partial charge in [0.25, 0.3) is 10.1 Å². The van der Waals surface area contributed by atoms with Gasteiger partial charge in [-0.05, 0) is 56.6 Å². The highest BCUT2D eigenvalue weighted by Gasteiger charge is 2.72. The van der Waals surface area contributed by atoms with E-state index in [0.717, 1.165) is 12.8 Å². The maximum Gasteiger partial charge on any atom is 0.332 e. The number of nitrogens with zero attached hydrogens (tertiary/aromatic N) is 1. The van der Waals surface area contributed by atoms with Gasteiger partial charge in [0.2, 0.25) is 5.91 Å². The van der Waals surface area contributed by atoms with Gasteiger partial charge < -0.3 is 20.9 Å². The summed E-state index contributed by atoms with van der Waals surface area (Å²) in [5.74, 6) is -0.572. The number of hydrazone groups is 1. The van der Waals surface area contributed by atoms with Gasteiger partial charge in [0.1, 0.15) is 6.10 Å². The summed E-state index contributed by atoms with van der Waals surface area (Å²) in [5, 5.41) is 18.9. The molecule has 0 radical (unpaired) electrons. The molecule has 2 aliphatic heterocycles. The maximum absolute atomic E-state index is 13.6. The molecule has 2 heterocycles. The van der Waals surface area contributed by atoms with E-state index in [0.29, 0.717) is 18.6 Å². The van der Waals surface area contributed by atoms with Crippen LogP contribution in [0, 0.1) is 40.4 Å². The van der Waals surface area contributed by atoms with Crippen molar-refractivity contribution in [2.75, 3.05) is 0 Å². The van der Waals surface area contributed by atoms with E-state index in [-0.39, 0.29) is 52.9 Å². The molecule has 1 aromatic rings. The lowest BCUT2D eigenvalue weighted by Crippen LogP contribution is -2.74. The Morgan fingerprint density at radius 1 is 1.16 bits per heavy atom. The second kappa shape index (κ2) is 10.3. The Morgan fingerprint density at radius 2 is 1.86 bits per heavy atom. The summed E-state index contributed by atoms with van der Waals surface area (Å²) in [6.45, 7) is 10.4. The number of ether oxygens (including phenoxy) is 1. The molecule has 11 nitrogen and oxygen atoms in total. The zero-order chi connectivity index (χ0) is 31.1. The first kappa shape index (κ1) is 30.5. The molecule has 43 heavy (non-hydrogen) atoms. The number of aliphatic hydroxyl groups excluding tert-OH is 1. The molecule has 0 bridgehead atoms. The molecular formula is C31H44N4O7S. The van der Waals surface area contributed by atoms with Gasteiger partial charge in [-0.15, -0.1) is 0 Å². The van der Waals surface area contributed by atoms with E-state index in [9.17, 15) is 23.1 Å². The lowest BCUT2D eigenvalue weighted by molar-refractivity contribution is -0.324. The average molecular weight is 617 g/mol. The minimum absolute atomic E-state index is 0.0154. The summed E-state index contributed by atoms with van der Waals surface area (Å²) >= 11 is 0. The number of aliphatic hydroxyl groups is 1. The van der Waals surface area contributed by atoms with E-state index in [4.69, 9.17) is 14.7 Å². The van der Waals surface area contributed by atoms with Crippen molar-refractivity contribution in [2.45, 2.75) is 102 Å². The molecule has 6 rings (SSSR count). The summed E-state index contributed by atoms with van der Waals surface area (Å²) in [6.07, 6.45) is 0.842. The molecule has 0 aromatic heterocycles. The molecule has 5 N–H and O–H groups in total. The Balaban J connectivity index is 1.49. The predicted molar refractivity (Wildman–Crippen MR) is 158 cm³/mol. The fraction of sp³-hybridized carbons (Fsp3) is 0.710. The van der Waals surface area contributed by atoms with Crippen LogP contribution in [0.25, 0.3) is 0 Å². The number of fused-ring (bicyclic) bond motifs is 3.